The van der Waals surface area contributed by atoms with Crippen LogP contribution in [-0.4, -0.2) is 29.5 Å². The van der Waals surface area contributed by atoms with Gasteiger partial charge in [0.1, 0.15) is 0 Å². The number of nitrogens with zero attached hydrogens (tertiary/aromatic N) is 1. The molecule has 1 aliphatic heterocycles. The molecule has 1 atom stereocenters. The molecule has 1 aromatic heterocycles. The van der Waals surface area contributed by atoms with Gasteiger partial charge in [-0.25, -0.2) is 9.78 Å². The Bertz CT molecular complexity index is 525. The second kappa shape index (κ2) is 6.43. The lowest BCUT2D eigenvalue weighted by atomic mass is 9.89. The first-order chi connectivity index (χ1) is 10.2. The normalized spacial score (nSPS) is 22.9. The number of hydrogen-bond acceptors (Lipinski definition) is 4. The van der Waals surface area contributed by atoms with E-state index in [1.807, 2.05) is 6.20 Å². The molecule has 1 aliphatic carbocycles. The number of anilines is 1. The van der Waals surface area contributed by atoms with Crippen LogP contribution in [0, 0.1) is 0 Å². The van der Waals surface area contributed by atoms with Crippen LogP contribution < -0.4 is 16.0 Å². The molecule has 2 fully saturated rings. The van der Waals surface area contributed by atoms with Crippen molar-refractivity contribution in [3.05, 3.63) is 11.1 Å². The Kier molecular flexibility index (Phi) is 4.38. The predicted octanol–water partition coefficient (Wildman–Crippen LogP) is 2.20. The van der Waals surface area contributed by atoms with Crippen molar-refractivity contribution in [2.24, 2.45) is 0 Å². The van der Waals surface area contributed by atoms with Crippen LogP contribution in [0.4, 0.5) is 9.93 Å². The maximum Gasteiger partial charge on any atom is 0.321 e. The fourth-order valence-corrected chi connectivity index (χ4v) is 3.93. The van der Waals surface area contributed by atoms with Crippen molar-refractivity contribution >= 4 is 28.4 Å². The molecule has 3 N–H and O–H groups in total. The van der Waals surface area contributed by atoms with Crippen LogP contribution in [0.3, 0.4) is 0 Å². The van der Waals surface area contributed by atoms with E-state index in [4.69, 9.17) is 0 Å². The molecule has 6 nitrogen and oxygen atoms in total. The number of urea groups is 1. The lowest BCUT2D eigenvalue weighted by Gasteiger charge is -2.19. The topological polar surface area (TPSA) is 83.1 Å². The molecule has 7 heteroatoms. The molecule has 2 heterocycles. The smallest absolute Gasteiger partial charge is 0.321 e. The molecule has 0 unspecified atom stereocenters. The number of carbonyl (C=O) groups excluding carboxylic acids is 2. The second-order valence-corrected chi connectivity index (χ2v) is 6.77. The van der Waals surface area contributed by atoms with Gasteiger partial charge < -0.3 is 10.6 Å². The van der Waals surface area contributed by atoms with E-state index < -0.39 is 0 Å². The largest absolute Gasteiger partial charge is 0.354 e. The summed E-state index contributed by atoms with van der Waals surface area (Å²) in [6.07, 6.45) is 8.59. The van der Waals surface area contributed by atoms with Crippen LogP contribution in [0.2, 0.25) is 0 Å². The number of hydrogen-bond donors (Lipinski definition) is 3. The summed E-state index contributed by atoms with van der Waals surface area (Å²) in [4.78, 5) is 28.5. The second-order valence-electron chi connectivity index (χ2n) is 5.71. The number of aromatic nitrogens is 1. The van der Waals surface area contributed by atoms with Gasteiger partial charge in [0.15, 0.2) is 5.13 Å². The standard InChI is InChI=1S/C14H20N4O2S/c19-12-6-10(7-15-12)17-13(20)18-14-16-8-11(21-14)9-4-2-1-3-5-9/h8-10H,1-7H2,(H,15,19)(H2,16,17,18,20)/t10-/m1/s1. The lowest BCUT2D eigenvalue weighted by Crippen LogP contribution is -2.39. The van der Waals surface area contributed by atoms with Crippen LogP contribution in [0.5, 0.6) is 0 Å². The van der Waals surface area contributed by atoms with Crippen molar-refractivity contribution in [3.8, 4) is 0 Å². The molecule has 1 saturated carbocycles. The van der Waals surface area contributed by atoms with Crippen LogP contribution in [-0.2, 0) is 4.79 Å². The van der Waals surface area contributed by atoms with Gasteiger partial charge in [-0.2, -0.15) is 0 Å². The highest BCUT2D eigenvalue weighted by Crippen LogP contribution is 2.36. The van der Waals surface area contributed by atoms with Crippen molar-refractivity contribution in [1.29, 1.82) is 0 Å². The molecule has 1 aromatic rings. The highest BCUT2D eigenvalue weighted by Gasteiger charge is 2.23. The zero-order valence-electron chi connectivity index (χ0n) is 11.9. The zero-order chi connectivity index (χ0) is 14.7. The Hall–Kier alpha value is -1.63. The fraction of sp³-hybridized carbons (Fsp3) is 0.643. The summed E-state index contributed by atoms with van der Waals surface area (Å²) < 4.78 is 0. The Morgan fingerprint density at radius 1 is 1.33 bits per heavy atom. The molecule has 0 bridgehead atoms. The zero-order valence-corrected chi connectivity index (χ0v) is 12.7. The average molecular weight is 308 g/mol. The lowest BCUT2D eigenvalue weighted by molar-refractivity contribution is -0.119. The van der Waals surface area contributed by atoms with E-state index in [1.54, 1.807) is 11.3 Å². The predicted molar refractivity (Wildman–Crippen MR) is 81.5 cm³/mol. The summed E-state index contributed by atoms with van der Waals surface area (Å²) in [6, 6.07) is -0.420. The molecular weight excluding hydrogens is 288 g/mol. The van der Waals surface area contributed by atoms with Crippen molar-refractivity contribution in [2.45, 2.75) is 50.5 Å². The van der Waals surface area contributed by atoms with Crippen LogP contribution in [0.1, 0.15) is 49.3 Å². The van der Waals surface area contributed by atoms with E-state index in [-0.39, 0.29) is 18.0 Å². The third-order valence-electron chi connectivity index (χ3n) is 4.06. The van der Waals surface area contributed by atoms with Gasteiger partial charge in [0.05, 0.1) is 6.04 Å². The minimum atomic E-state index is -0.291. The van der Waals surface area contributed by atoms with Gasteiger partial charge in [-0.05, 0) is 18.8 Å². The Morgan fingerprint density at radius 2 is 2.14 bits per heavy atom. The van der Waals surface area contributed by atoms with Crippen molar-refractivity contribution < 1.29 is 9.59 Å². The SMILES string of the molecule is O=C1C[C@@H](NC(=O)Nc2ncc(C3CCCCC3)s2)CN1. The summed E-state index contributed by atoms with van der Waals surface area (Å²) in [6.45, 7) is 0.497. The summed E-state index contributed by atoms with van der Waals surface area (Å²) in [5.41, 5.74) is 0. The summed E-state index contributed by atoms with van der Waals surface area (Å²) in [7, 11) is 0. The Morgan fingerprint density at radius 3 is 2.86 bits per heavy atom. The average Bonchev–Trinajstić information content (AvgIpc) is 3.09. The molecule has 0 spiro atoms. The molecule has 114 valence electrons. The van der Waals surface area contributed by atoms with Crippen molar-refractivity contribution in [3.63, 3.8) is 0 Å². The van der Waals surface area contributed by atoms with Crippen LogP contribution in [0.15, 0.2) is 6.20 Å². The summed E-state index contributed by atoms with van der Waals surface area (Å²) in [5, 5.41) is 8.86. The van der Waals surface area contributed by atoms with E-state index in [1.165, 1.54) is 37.0 Å². The first-order valence-electron chi connectivity index (χ1n) is 7.50. The first kappa shape index (κ1) is 14.3. The van der Waals surface area contributed by atoms with E-state index in [2.05, 4.69) is 20.9 Å². The molecule has 3 amide bonds. The van der Waals surface area contributed by atoms with Gasteiger partial charge in [-0.15, -0.1) is 11.3 Å². The Balaban J connectivity index is 1.51. The van der Waals surface area contributed by atoms with Gasteiger partial charge in [-0.1, -0.05) is 19.3 Å². The summed E-state index contributed by atoms with van der Waals surface area (Å²) >= 11 is 1.56. The van der Waals surface area contributed by atoms with Crippen LogP contribution in [0.25, 0.3) is 0 Å². The van der Waals surface area contributed by atoms with Gasteiger partial charge in [0.2, 0.25) is 5.91 Å². The van der Waals surface area contributed by atoms with Crippen molar-refractivity contribution in [2.75, 3.05) is 11.9 Å². The molecule has 1 saturated heterocycles. The van der Waals surface area contributed by atoms with Gasteiger partial charge in [0.25, 0.3) is 0 Å². The third-order valence-corrected chi connectivity index (χ3v) is 5.14. The van der Waals surface area contributed by atoms with E-state index in [0.717, 1.165) is 0 Å². The molecule has 0 radical (unpaired) electrons. The number of nitrogens with one attached hydrogen (secondary N) is 3. The molecule has 0 aromatic carbocycles. The molecule has 3 rings (SSSR count). The van der Waals surface area contributed by atoms with E-state index in [9.17, 15) is 9.59 Å². The first-order valence-corrected chi connectivity index (χ1v) is 8.32. The quantitative estimate of drug-likeness (QED) is 0.800. The Labute approximate surface area is 127 Å². The van der Waals surface area contributed by atoms with Crippen LogP contribution >= 0.6 is 11.3 Å². The number of carbonyl (C=O) groups is 2. The minimum absolute atomic E-state index is 0.0193. The van der Waals surface area contributed by atoms with Gasteiger partial charge in [-0.3, -0.25) is 10.1 Å². The number of rotatable bonds is 3. The van der Waals surface area contributed by atoms with Gasteiger partial charge >= 0.3 is 6.03 Å². The monoisotopic (exact) mass is 308 g/mol. The summed E-state index contributed by atoms with van der Waals surface area (Å²) in [5.74, 6) is 0.584. The third kappa shape index (κ3) is 3.72. The highest BCUT2D eigenvalue weighted by molar-refractivity contribution is 7.15. The minimum Gasteiger partial charge on any atom is -0.354 e. The van der Waals surface area contributed by atoms with Crippen molar-refractivity contribution in [1.82, 2.24) is 15.6 Å². The molecule has 2 aliphatic rings. The van der Waals surface area contributed by atoms with E-state index in [0.29, 0.717) is 24.0 Å². The number of thiazole rings is 1. The number of amides is 3. The highest BCUT2D eigenvalue weighted by atomic mass is 32.1. The van der Waals surface area contributed by atoms with Gasteiger partial charge in [0, 0.05) is 24.0 Å². The molecular formula is C14H20N4O2S. The molecule has 21 heavy (non-hydrogen) atoms. The fourth-order valence-electron chi connectivity index (χ4n) is 2.95. The maximum atomic E-state index is 11.9. The maximum absolute atomic E-state index is 11.9. The van der Waals surface area contributed by atoms with E-state index >= 15 is 0 Å².